The summed E-state index contributed by atoms with van der Waals surface area (Å²) in [6.45, 7) is 4.63. The van der Waals surface area contributed by atoms with E-state index in [9.17, 15) is 9.18 Å². The SMILES string of the molecule is CC(C)c1ocnc1C(=O)N1CCC[C@H]1c1ccc(F)cc1. The Morgan fingerprint density at radius 3 is 2.77 bits per heavy atom. The summed E-state index contributed by atoms with van der Waals surface area (Å²) in [4.78, 5) is 18.7. The van der Waals surface area contributed by atoms with Gasteiger partial charge in [0.2, 0.25) is 0 Å². The molecular formula is C17H19FN2O2. The van der Waals surface area contributed by atoms with E-state index in [0.29, 0.717) is 18.0 Å². The zero-order valence-electron chi connectivity index (χ0n) is 12.8. The third kappa shape index (κ3) is 2.63. The number of benzene rings is 1. The first-order valence-corrected chi connectivity index (χ1v) is 7.57. The molecule has 0 aliphatic carbocycles. The first-order valence-electron chi connectivity index (χ1n) is 7.57. The summed E-state index contributed by atoms with van der Waals surface area (Å²) in [5.41, 5.74) is 1.35. The maximum Gasteiger partial charge on any atom is 0.276 e. The van der Waals surface area contributed by atoms with Crippen LogP contribution in [-0.2, 0) is 0 Å². The van der Waals surface area contributed by atoms with Gasteiger partial charge in [-0.05, 0) is 30.5 Å². The molecule has 4 nitrogen and oxygen atoms in total. The number of oxazole rings is 1. The molecule has 1 aromatic carbocycles. The summed E-state index contributed by atoms with van der Waals surface area (Å²) in [6, 6.07) is 6.35. The van der Waals surface area contributed by atoms with Crippen LogP contribution < -0.4 is 0 Å². The Balaban J connectivity index is 1.88. The Hall–Kier alpha value is -2.17. The number of hydrogen-bond acceptors (Lipinski definition) is 3. The fourth-order valence-corrected chi connectivity index (χ4v) is 3.00. The van der Waals surface area contributed by atoms with Crippen LogP contribution in [0, 0.1) is 5.82 Å². The van der Waals surface area contributed by atoms with Crippen molar-refractivity contribution in [1.29, 1.82) is 0 Å². The Morgan fingerprint density at radius 2 is 2.09 bits per heavy atom. The molecule has 0 unspecified atom stereocenters. The van der Waals surface area contributed by atoms with Crippen molar-refractivity contribution in [3.05, 3.63) is 53.5 Å². The van der Waals surface area contributed by atoms with Crippen molar-refractivity contribution in [3.8, 4) is 0 Å². The quantitative estimate of drug-likeness (QED) is 0.863. The lowest BCUT2D eigenvalue weighted by molar-refractivity contribution is 0.0727. The van der Waals surface area contributed by atoms with Crippen LogP contribution >= 0.6 is 0 Å². The minimum absolute atomic E-state index is 0.0233. The summed E-state index contributed by atoms with van der Waals surface area (Å²) in [7, 11) is 0. The number of rotatable bonds is 3. The van der Waals surface area contributed by atoms with Gasteiger partial charge in [0.05, 0.1) is 6.04 Å². The second-order valence-electron chi connectivity index (χ2n) is 5.93. The topological polar surface area (TPSA) is 46.3 Å². The van der Waals surface area contributed by atoms with Crippen LogP contribution in [0.2, 0.25) is 0 Å². The number of likely N-dealkylation sites (tertiary alicyclic amines) is 1. The second kappa shape index (κ2) is 5.91. The fourth-order valence-electron chi connectivity index (χ4n) is 3.00. The van der Waals surface area contributed by atoms with Gasteiger partial charge in [-0.2, -0.15) is 0 Å². The number of amides is 1. The Morgan fingerprint density at radius 1 is 1.36 bits per heavy atom. The van der Waals surface area contributed by atoms with Crippen LogP contribution in [0.25, 0.3) is 0 Å². The van der Waals surface area contributed by atoms with E-state index in [1.807, 2.05) is 18.7 Å². The van der Waals surface area contributed by atoms with E-state index in [-0.39, 0.29) is 23.7 Å². The summed E-state index contributed by atoms with van der Waals surface area (Å²) in [5, 5.41) is 0. The molecule has 0 saturated carbocycles. The van der Waals surface area contributed by atoms with E-state index in [2.05, 4.69) is 4.98 Å². The second-order valence-corrected chi connectivity index (χ2v) is 5.93. The van der Waals surface area contributed by atoms with Gasteiger partial charge in [-0.3, -0.25) is 4.79 Å². The highest BCUT2D eigenvalue weighted by Crippen LogP contribution is 2.34. The molecule has 116 valence electrons. The average molecular weight is 302 g/mol. The van der Waals surface area contributed by atoms with Gasteiger partial charge in [-0.25, -0.2) is 9.37 Å². The predicted octanol–water partition coefficient (Wildman–Crippen LogP) is 3.91. The van der Waals surface area contributed by atoms with Crippen molar-refractivity contribution < 1.29 is 13.6 Å². The number of carbonyl (C=O) groups is 1. The van der Waals surface area contributed by atoms with Gasteiger partial charge >= 0.3 is 0 Å². The first kappa shape index (κ1) is 14.8. The fraction of sp³-hybridized carbons (Fsp3) is 0.412. The molecule has 0 N–H and O–H groups in total. The van der Waals surface area contributed by atoms with E-state index < -0.39 is 0 Å². The third-order valence-electron chi connectivity index (χ3n) is 4.09. The van der Waals surface area contributed by atoms with Gasteiger partial charge in [0.1, 0.15) is 11.6 Å². The molecule has 1 amide bonds. The predicted molar refractivity (Wildman–Crippen MR) is 80.0 cm³/mol. The monoisotopic (exact) mass is 302 g/mol. The van der Waals surface area contributed by atoms with Gasteiger partial charge in [0.25, 0.3) is 5.91 Å². The Bertz CT molecular complexity index is 664. The minimum atomic E-state index is -0.266. The van der Waals surface area contributed by atoms with Gasteiger partial charge < -0.3 is 9.32 Å². The standard InChI is InChI=1S/C17H19FN2O2/c1-11(2)16-15(19-10-22-16)17(21)20-9-3-4-14(20)12-5-7-13(18)8-6-12/h5-8,10-11,14H,3-4,9H2,1-2H3/t14-/m0/s1. The van der Waals surface area contributed by atoms with E-state index in [1.54, 1.807) is 12.1 Å². The number of aromatic nitrogens is 1. The maximum absolute atomic E-state index is 13.1. The van der Waals surface area contributed by atoms with Crippen LogP contribution in [0.4, 0.5) is 4.39 Å². The zero-order chi connectivity index (χ0) is 15.7. The Labute approximate surface area is 129 Å². The molecule has 1 aromatic heterocycles. The number of halogens is 1. The van der Waals surface area contributed by atoms with Crippen molar-refractivity contribution in [2.24, 2.45) is 0 Å². The molecule has 0 spiro atoms. The average Bonchev–Trinajstić information content (AvgIpc) is 3.16. The molecule has 1 aliphatic heterocycles. The lowest BCUT2D eigenvalue weighted by Crippen LogP contribution is -2.31. The number of hydrogen-bond donors (Lipinski definition) is 0. The van der Waals surface area contributed by atoms with Gasteiger partial charge in [0.15, 0.2) is 12.1 Å². The molecule has 5 heteroatoms. The van der Waals surface area contributed by atoms with Gasteiger partial charge in [0, 0.05) is 12.5 Å². The van der Waals surface area contributed by atoms with Crippen molar-refractivity contribution >= 4 is 5.91 Å². The van der Waals surface area contributed by atoms with Crippen LogP contribution in [-0.4, -0.2) is 22.3 Å². The normalized spacial score (nSPS) is 18.2. The summed E-state index contributed by atoms with van der Waals surface area (Å²) in [6.07, 6.45) is 3.14. The van der Waals surface area contributed by atoms with E-state index in [1.165, 1.54) is 18.5 Å². The molecule has 2 aromatic rings. The molecule has 2 heterocycles. The van der Waals surface area contributed by atoms with E-state index in [4.69, 9.17) is 4.42 Å². The third-order valence-corrected chi connectivity index (χ3v) is 4.09. The molecule has 1 fully saturated rings. The highest BCUT2D eigenvalue weighted by molar-refractivity contribution is 5.93. The van der Waals surface area contributed by atoms with Gasteiger partial charge in [-0.15, -0.1) is 0 Å². The smallest absolute Gasteiger partial charge is 0.276 e. The maximum atomic E-state index is 13.1. The molecular weight excluding hydrogens is 283 g/mol. The summed E-state index contributed by atoms with van der Waals surface area (Å²) >= 11 is 0. The molecule has 0 radical (unpaired) electrons. The van der Waals surface area contributed by atoms with Crippen molar-refractivity contribution in [2.45, 2.75) is 38.6 Å². The Kier molecular flexibility index (Phi) is 3.96. The van der Waals surface area contributed by atoms with Crippen molar-refractivity contribution in [1.82, 2.24) is 9.88 Å². The lowest BCUT2D eigenvalue weighted by atomic mass is 10.0. The van der Waals surface area contributed by atoms with Crippen LogP contribution in [0.3, 0.4) is 0 Å². The molecule has 1 atom stereocenters. The summed E-state index contributed by atoms with van der Waals surface area (Å²) < 4.78 is 18.4. The molecule has 0 bridgehead atoms. The first-order chi connectivity index (χ1) is 10.6. The molecule has 22 heavy (non-hydrogen) atoms. The highest BCUT2D eigenvalue weighted by atomic mass is 19.1. The molecule has 1 aliphatic rings. The largest absolute Gasteiger partial charge is 0.447 e. The van der Waals surface area contributed by atoms with Gasteiger partial charge in [-0.1, -0.05) is 26.0 Å². The number of nitrogens with zero attached hydrogens (tertiary/aromatic N) is 2. The van der Waals surface area contributed by atoms with Crippen molar-refractivity contribution in [3.63, 3.8) is 0 Å². The number of carbonyl (C=O) groups excluding carboxylic acids is 1. The van der Waals surface area contributed by atoms with Crippen LogP contribution in [0.5, 0.6) is 0 Å². The highest BCUT2D eigenvalue weighted by Gasteiger charge is 2.33. The van der Waals surface area contributed by atoms with Crippen LogP contribution in [0.15, 0.2) is 35.1 Å². The summed E-state index contributed by atoms with van der Waals surface area (Å²) in [5.74, 6) is 0.352. The van der Waals surface area contributed by atoms with Crippen LogP contribution in [0.1, 0.15) is 60.5 Å². The molecule has 3 rings (SSSR count). The van der Waals surface area contributed by atoms with E-state index in [0.717, 1.165) is 18.4 Å². The lowest BCUT2D eigenvalue weighted by Gasteiger charge is -2.24. The molecule has 1 saturated heterocycles. The van der Waals surface area contributed by atoms with Crippen molar-refractivity contribution in [2.75, 3.05) is 6.54 Å². The minimum Gasteiger partial charge on any atom is -0.447 e. The van der Waals surface area contributed by atoms with E-state index >= 15 is 0 Å². The zero-order valence-corrected chi connectivity index (χ0v) is 12.8.